The standard InChI is InChI=1S/C20H26N6O7/c21-7-17(29)24-14(6-16(22)28)19(31)25-13(18(30)26-15(9-27)20(32)33)5-10-8-23-12-4-2-1-3-11(10)12/h1-4,8,13-15,23,27H,5-7,9,21H2,(H2,22,28)(H,24,29)(H,25,31)(H,26,30)(H,32,33). The van der Waals surface area contributed by atoms with E-state index in [0.29, 0.717) is 5.56 Å². The van der Waals surface area contributed by atoms with Gasteiger partial charge in [-0.1, -0.05) is 18.2 Å². The number of aliphatic carboxylic acids is 1. The van der Waals surface area contributed by atoms with E-state index in [-0.39, 0.29) is 6.42 Å². The molecular weight excluding hydrogens is 436 g/mol. The first-order valence-corrected chi connectivity index (χ1v) is 9.93. The summed E-state index contributed by atoms with van der Waals surface area (Å²) in [5.74, 6) is -4.86. The van der Waals surface area contributed by atoms with Crippen molar-refractivity contribution >= 4 is 40.5 Å². The van der Waals surface area contributed by atoms with E-state index in [1.54, 1.807) is 18.3 Å². The minimum atomic E-state index is -1.60. The highest BCUT2D eigenvalue weighted by atomic mass is 16.4. The molecule has 13 nitrogen and oxygen atoms in total. The molecule has 0 aliphatic carbocycles. The van der Waals surface area contributed by atoms with Crippen LogP contribution in [0, 0.1) is 0 Å². The van der Waals surface area contributed by atoms with Crippen molar-refractivity contribution in [2.75, 3.05) is 13.2 Å². The Morgan fingerprint density at radius 2 is 1.61 bits per heavy atom. The van der Waals surface area contributed by atoms with Crippen LogP contribution in [0.3, 0.4) is 0 Å². The van der Waals surface area contributed by atoms with E-state index >= 15 is 0 Å². The Morgan fingerprint density at radius 3 is 2.21 bits per heavy atom. The lowest BCUT2D eigenvalue weighted by Crippen LogP contribution is -2.57. The monoisotopic (exact) mass is 462 g/mol. The van der Waals surface area contributed by atoms with E-state index in [9.17, 15) is 29.1 Å². The quantitative estimate of drug-likeness (QED) is 0.162. The molecule has 33 heavy (non-hydrogen) atoms. The van der Waals surface area contributed by atoms with Crippen LogP contribution in [0.5, 0.6) is 0 Å². The Hall–Kier alpha value is -3.97. The summed E-state index contributed by atoms with van der Waals surface area (Å²) in [6.07, 6.45) is 1.02. The van der Waals surface area contributed by atoms with Crippen molar-refractivity contribution in [1.29, 1.82) is 0 Å². The Morgan fingerprint density at radius 1 is 0.970 bits per heavy atom. The zero-order valence-electron chi connectivity index (χ0n) is 17.5. The number of carboxylic acids is 1. The number of aliphatic hydroxyl groups excluding tert-OH is 1. The van der Waals surface area contributed by atoms with E-state index in [1.807, 2.05) is 12.1 Å². The third kappa shape index (κ3) is 7.02. The third-order valence-corrected chi connectivity index (χ3v) is 4.77. The molecule has 0 radical (unpaired) electrons. The molecule has 3 atom stereocenters. The summed E-state index contributed by atoms with van der Waals surface area (Å²) in [6.45, 7) is -1.32. The minimum absolute atomic E-state index is 0.0620. The smallest absolute Gasteiger partial charge is 0.328 e. The number of benzene rings is 1. The van der Waals surface area contributed by atoms with Gasteiger partial charge in [0.05, 0.1) is 19.6 Å². The molecule has 1 aromatic heterocycles. The summed E-state index contributed by atoms with van der Waals surface area (Å²) in [5, 5.41) is 25.9. The molecule has 0 spiro atoms. The molecule has 0 aliphatic heterocycles. The molecule has 4 amide bonds. The van der Waals surface area contributed by atoms with Gasteiger partial charge in [-0.3, -0.25) is 19.2 Å². The number of aliphatic hydroxyl groups is 1. The van der Waals surface area contributed by atoms with Gasteiger partial charge in [0.25, 0.3) is 0 Å². The summed E-state index contributed by atoms with van der Waals surface area (Å²) in [6, 6.07) is 2.89. The predicted octanol–water partition coefficient (Wildman–Crippen LogP) is -2.92. The van der Waals surface area contributed by atoms with Crippen molar-refractivity contribution < 1.29 is 34.2 Å². The second-order valence-corrected chi connectivity index (χ2v) is 7.20. The van der Waals surface area contributed by atoms with Crippen LogP contribution in [-0.4, -0.2) is 76.1 Å². The van der Waals surface area contributed by atoms with Crippen molar-refractivity contribution in [3.05, 3.63) is 36.0 Å². The van der Waals surface area contributed by atoms with Crippen LogP contribution in [0.2, 0.25) is 0 Å². The number of H-pyrrole nitrogens is 1. The minimum Gasteiger partial charge on any atom is -0.480 e. The van der Waals surface area contributed by atoms with Gasteiger partial charge in [0.15, 0.2) is 0 Å². The Labute approximate surface area is 187 Å². The number of carboxylic acid groups (broad SMARTS) is 1. The van der Waals surface area contributed by atoms with Crippen molar-refractivity contribution in [1.82, 2.24) is 20.9 Å². The molecule has 13 heteroatoms. The number of amides is 4. The first kappa shape index (κ1) is 25.3. The van der Waals surface area contributed by atoms with Gasteiger partial charge in [-0.15, -0.1) is 0 Å². The van der Waals surface area contributed by atoms with E-state index in [1.165, 1.54) is 0 Å². The topological polar surface area (TPSA) is 230 Å². The number of hydrogen-bond donors (Lipinski definition) is 8. The third-order valence-electron chi connectivity index (χ3n) is 4.77. The second-order valence-electron chi connectivity index (χ2n) is 7.20. The molecule has 2 aromatic rings. The van der Waals surface area contributed by atoms with Crippen LogP contribution in [0.15, 0.2) is 30.5 Å². The highest BCUT2D eigenvalue weighted by Gasteiger charge is 2.30. The Bertz CT molecular complexity index is 1040. The van der Waals surface area contributed by atoms with Gasteiger partial charge < -0.3 is 42.6 Å². The fourth-order valence-corrected chi connectivity index (χ4v) is 3.12. The largest absolute Gasteiger partial charge is 0.480 e. The molecule has 1 aromatic carbocycles. The number of nitrogens with two attached hydrogens (primary N) is 2. The van der Waals surface area contributed by atoms with Gasteiger partial charge in [-0.25, -0.2) is 4.79 Å². The maximum atomic E-state index is 12.8. The van der Waals surface area contributed by atoms with E-state index in [0.717, 1.165) is 10.9 Å². The average molecular weight is 462 g/mol. The Balaban J connectivity index is 2.30. The first-order chi connectivity index (χ1) is 15.7. The highest BCUT2D eigenvalue weighted by Crippen LogP contribution is 2.19. The number of aromatic nitrogens is 1. The number of rotatable bonds is 12. The number of primary amides is 1. The fourth-order valence-electron chi connectivity index (χ4n) is 3.12. The number of hydrogen-bond acceptors (Lipinski definition) is 7. The second kappa shape index (κ2) is 11.6. The molecule has 1 heterocycles. The molecule has 0 fully saturated rings. The van der Waals surface area contributed by atoms with Crippen LogP contribution >= 0.6 is 0 Å². The van der Waals surface area contributed by atoms with Gasteiger partial charge in [0.2, 0.25) is 23.6 Å². The Kier molecular flexibility index (Phi) is 8.89. The number of carbonyl (C=O) groups excluding carboxylic acids is 4. The van der Waals surface area contributed by atoms with Crippen molar-refractivity contribution in [2.45, 2.75) is 31.0 Å². The molecule has 0 aliphatic rings. The van der Waals surface area contributed by atoms with E-state index < -0.39 is 67.3 Å². The van der Waals surface area contributed by atoms with Crippen molar-refractivity contribution in [2.24, 2.45) is 11.5 Å². The fraction of sp³-hybridized carbons (Fsp3) is 0.350. The predicted molar refractivity (Wildman–Crippen MR) is 115 cm³/mol. The highest BCUT2D eigenvalue weighted by molar-refractivity contribution is 5.96. The normalized spacial score (nSPS) is 13.5. The van der Waals surface area contributed by atoms with Crippen LogP contribution < -0.4 is 27.4 Å². The number of carbonyl (C=O) groups is 5. The zero-order valence-corrected chi connectivity index (χ0v) is 17.5. The molecule has 10 N–H and O–H groups in total. The molecule has 3 unspecified atom stereocenters. The number of para-hydroxylation sites is 1. The van der Waals surface area contributed by atoms with Gasteiger partial charge in [0.1, 0.15) is 18.1 Å². The van der Waals surface area contributed by atoms with Crippen molar-refractivity contribution in [3.63, 3.8) is 0 Å². The molecule has 178 valence electrons. The summed E-state index contributed by atoms with van der Waals surface area (Å²) >= 11 is 0. The van der Waals surface area contributed by atoms with Crippen LogP contribution in [0.25, 0.3) is 10.9 Å². The van der Waals surface area contributed by atoms with Gasteiger partial charge in [-0.05, 0) is 11.6 Å². The van der Waals surface area contributed by atoms with Gasteiger partial charge in [-0.2, -0.15) is 0 Å². The number of nitrogens with one attached hydrogen (secondary N) is 4. The van der Waals surface area contributed by atoms with Gasteiger partial charge in [0, 0.05) is 23.5 Å². The molecule has 0 saturated heterocycles. The summed E-state index contributed by atoms with van der Waals surface area (Å²) in [4.78, 5) is 62.9. The summed E-state index contributed by atoms with van der Waals surface area (Å²) in [5.41, 5.74) is 11.8. The van der Waals surface area contributed by atoms with Crippen LogP contribution in [-0.2, 0) is 30.4 Å². The molecular formula is C20H26N6O7. The van der Waals surface area contributed by atoms with Crippen molar-refractivity contribution in [3.8, 4) is 0 Å². The van der Waals surface area contributed by atoms with E-state index in [2.05, 4.69) is 20.9 Å². The van der Waals surface area contributed by atoms with E-state index in [4.69, 9.17) is 16.6 Å². The summed E-state index contributed by atoms with van der Waals surface area (Å²) < 4.78 is 0. The average Bonchev–Trinajstić information content (AvgIpc) is 3.18. The van der Waals surface area contributed by atoms with Gasteiger partial charge >= 0.3 is 5.97 Å². The number of fused-ring (bicyclic) bond motifs is 1. The SMILES string of the molecule is NCC(=O)NC(CC(N)=O)C(=O)NC(Cc1c[nH]c2ccccc12)C(=O)NC(CO)C(=O)O. The lowest BCUT2D eigenvalue weighted by Gasteiger charge is -2.23. The molecule has 0 saturated carbocycles. The molecule has 2 rings (SSSR count). The van der Waals surface area contributed by atoms with Crippen LogP contribution in [0.4, 0.5) is 0 Å². The molecule has 0 bridgehead atoms. The summed E-state index contributed by atoms with van der Waals surface area (Å²) in [7, 11) is 0. The van der Waals surface area contributed by atoms with Crippen LogP contribution in [0.1, 0.15) is 12.0 Å². The zero-order chi connectivity index (χ0) is 24.5. The first-order valence-electron chi connectivity index (χ1n) is 9.93. The lowest BCUT2D eigenvalue weighted by molar-refractivity contribution is -0.143. The lowest BCUT2D eigenvalue weighted by atomic mass is 10.0. The number of aromatic amines is 1. The maximum absolute atomic E-state index is 12.8. The maximum Gasteiger partial charge on any atom is 0.328 e.